The van der Waals surface area contributed by atoms with Crippen molar-refractivity contribution in [3.8, 4) is 0 Å². The standard InChI is InChI=1S/C27H43NO3/c1-26-14-13-19(29)15-17(26)9-10-20-21-11-12-22(25(30)31-3)27(21,2)16-23(24(20)26)28-18-7-5-4-6-8-18/h17-18,20-24,28H,4-16H2,1-3H3/t17-,20-,21-,22+,23+,24+,26-,27-/m0/s1. The Morgan fingerprint density at radius 3 is 2.52 bits per heavy atom. The van der Waals surface area contributed by atoms with Crippen molar-refractivity contribution in [1.29, 1.82) is 0 Å². The maximum absolute atomic E-state index is 12.8. The molecule has 0 aromatic rings. The predicted octanol–water partition coefficient (Wildman–Crippen LogP) is 5.29. The molecule has 0 heterocycles. The number of ether oxygens (including phenoxy) is 1. The van der Waals surface area contributed by atoms with Crippen LogP contribution in [0.1, 0.15) is 97.3 Å². The van der Waals surface area contributed by atoms with Crippen molar-refractivity contribution in [3.63, 3.8) is 0 Å². The minimum atomic E-state index is 0.0167. The van der Waals surface area contributed by atoms with E-state index < -0.39 is 0 Å². The highest BCUT2D eigenvalue weighted by Crippen LogP contribution is 2.67. The number of Topliss-reactive ketones (excluding diaryl/α,β-unsaturated/α-hetero) is 1. The van der Waals surface area contributed by atoms with E-state index in [4.69, 9.17) is 4.74 Å². The normalized spacial score (nSPS) is 47.9. The molecule has 5 saturated carbocycles. The highest BCUT2D eigenvalue weighted by Gasteiger charge is 2.64. The van der Waals surface area contributed by atoms with Gasteiger partial charge in [0, 0.05) is 24.9 Å². The summed E-state index contributed by atoms with van der Waals surface area (Å²) in [4.78, 5) is 25.1. The average molecular weight is 430 g/mol. The molecule has 31 heavy (non-hydrogen) atoms. The van der Waals surface area contributed by atoms with Crippen LogP contribution in [0.4, 0.5) is 0 Å². The number of carbonyl (C=O) groups excluding carboxylic acids is 2. The SMILES string of the molecule is COC(=O)[C@H]1CC[C@H]2[C@@H]3CC[C@H]4CC(=O)CC[C@]4(C)[C@H]3[C@H](NC3CCCCC3)C[C@]12C. The minimum absolute atomic E-state index is 0.0167. The van der Waals surface area contributed by atoms with Crippen LogP contribution >= 0.6 is 0 Å². The molecule has 8 atom stereocenters. The zero-order valence-electron chi connectivity index (χ0n) is 20.0. The summed E-state index contributed by atoms with van der Waals surface area (Å²) in [5.74, 6) is 3.08. The van der Waals surface area contributed by atoms with E-state index in [9.17, 15) is 9.59 Å². The van der Waals surface area contributed by atoms with Crippen LogP contribution in [0.3, 0.4) is 0 Å². The molecule has 1 N–H and O–H groups in total. The van der Waals surface area contributed by atoms with Gasteiger partial charge in [0.05, 0.1) is 13.0 Å². The smallest absolute Gasteiger partial charge is 0.309 e. The first-order chi connectivity index (χ1) is 14.9. The van der Waals surface area contributed by atoms with Gasteiger partial charge in [-0.15, -0.1) is 0 Å². The Hall–Kier alpha value is -0.900. The fraction of sp³-hybridized carbons (Fsp3) is 0.926. The number of hydrogen-bond acceptors (Lipinski definition) is 4. The molecule has 0 unspecified atom stereocenters. The molecular weight excluding hydrogens is 386 g/mol. The lowest BCUT2D eigenvalue weighted by Gasteiger charge is -2.63. The van der Waals surface area contributed by atoms with Crippen LogP contribution in [0.5, 0.6) is 0 Å². The molecule has 0 aromatic heterocycles. The lowest BCUT2D eigenvalue weighted by Crippen LogP contribution is -2.63. The van der Waals surface area contributed by atoms with Gasteiger partial charge in [0.15, 0.2) is 0 Å². The molecule has 174 valence electrons. The van der Waals surface area contributed by atoms with E-state index in [1.165, 1.54) is 51.4 Å². The largest absolute Gasteiger partial charge is 0.469 e. The second-order valence-electron chi connectivity index (χ2n) is 12.3. The minimum Gasteiger partial charge on any atom is -0.469 e. The predicted molar refractivity (Wildman–Crippen MR) is 121 cm³/mol. The molecule has 5 rings (SSSR count). The molecule has 5 aliphatic rings. The Balaban J connectivity index is 1.49. The van der Waals surface area contributed by atoms with Crippen molar-refractivity contribution < 1.29 is 14.3 Å². The topological polar surface area (TPSA) is 55.4 Å². The first-order valence-electron chi connectivity index (χ1n) is 13.2. The molecule has 4 nitrogen and oxygen atoms in total. The first kappa shape index (κ1) is 21.9. The third-order valence-corrected chi connectivity index (χ3v) is 11.0. The van der Waals surface area contributed by atoms with E-state index in [2.05, 4.69) is 19.2 Å². The molecule has 0 bridgehead atoms. The molecule has 5 fully saturated rings. The fourth-order valence-electron chi connectivity index (χ4n) is 9.49. The number of esters is 1. The molecule has 4 heteroatoms. The van der Waals surface area contributed by atoms with E-state index >= 15 is 0 Å². The third kappa shape index (κ3) is 3.50. The summed E-state index contributed by atoms with van der Waals surface area (Å²) in [5.41, 5.74) is 0.322. The van der Waals surface area contributed by atoms with Crippen molar-refractivity contribution in [2.75, 3.05) is 7.11 Å². The van der Waals surface area contributed by atoms with Crippen LogP contribution in [0.2, 0.25) is 0 Å². The van der Waals surface area contributed by atoms with Gasteiger partial charge in [0.1, 0.15) is 5.78 Å². The number of fused-ring (bicyclic) bond motifs is 5. The van der Waals surface area contributed by atoms with Crippen LogP contribution in [-0.2, 0) is 14.3 Å². The van der Waals surface area contributed by atoms with Crippen molar-refractivity contribution in [1.82, 2.24) is 5.32 Å². The zero-order valence-corrected chi connectivity index (χ0v) is 20.0. The van der Waals surface area contributed by atoms with Crippen LogP contribution in [0.15, 0.2) is 0 Å². The maximum Gasteiger partial charge on any atom is 0.309 e. The number of methoxy groups -OCH3 is 1. The van der Waals surface area contributed by atoms with Crippen LogP contribution < -0.4 is 5.32 Å². The van der Waals surface area contributed by atoms with Crippen molar-refractivity contribution in [2.45, 2.75) is 109 Å². The molecule has 0 amide bonds. The highest BCUT2D eigenvalue weighted by molar-refractivity contribution is 5.79. The Morgan fingerprint density at radius 1 is 1.00 bits per heavy atom. The Bertz CT molecular complexity index is 715. The molecule has 0 aromatic carbocycles. The summed E-state index contributed by atoms with van der Waals surface area (Å²) in [6, 6.07) is 1.10. The van der Waals surface area contributed by atoms with E-state index in [0.29, 0.717) is 41.5 Å². The quantitative estimate of drug-likeness (QED) is 0.620. The van der Waals surface area contributed by atoms with E-state index in [1.54, 1.807) is 7.11 Å². The summed E-state index contributed by atoms with van der Waals surface area (Å²) >= 11 is 0. The molecular formula is C27H43NO3. The summed E-state index contributed by atoms with van der Waals surface area (Å²) < 4.78 is 5.29. The van der Waals surface area contributed by atoms with Gasteiger partial charge in [-0.05, 0) is 85.9 Å². The highest BCUT2D eigenvalue weighted by atomic mass is 16.5. The van der Waals surface area contributed by atoms with Crippen LogP contribution in [0.25, 0.3) is 0 Å². The van der Waals surface area contributed by atoms with Gasteiger partial charge in [-0.1, -0.05) is 33.1 Å². The number of rotatable bonds is 3. The fourth-order valence-corrected chi connectivity index (χ4v) is 9.49. The lowest BCUT2D eigenvalue weighted by atomic mass is 9.43. The van der Waals surface area contributed by atoms with Gasteiger partial charge in [0.2, 0.25) is 0 Å². The second kappa shape index (κ2) is 8.15. The lowest BCUT2D eigenvalue weighted by molar-refractivity contribution is -0.161. The van der Waals surface area contributed by atoms with E-state index in [-0.39, 0.29) is 22.7 Å². The molecule has 0 aliphatic heterocycles. The Kier molecular flexibility index (Phi) is 5.76. The van der Waals surface area contributed by atoms with Gasteiger partial charge < -0.3 is 10.1 Å². The number of nitrogens with one attached hydrogen (secondary N) is 1. The third-order valence-electron chi connectivity index (χ3n) is 11.0. The zero-order chi connectivity index (χ0) is 21.8. The monoisotopic (exact) mass is 429 g/mol. The summed E-state index contributed by atoms with van der Waals surface area (Å²) in [6.45, 7) is 4.95. The van der Waals surface area contributed by atoms with Crippen molar-refractivity contribution in [3.05, 3.63) is 0 Å². The Morgan fingerprint density at radius 2 is 1.77 bits per heavy atom. The molecule has 5 aliphatic carbocycles. The summed E-state index contributed by atoms with van der Waals surface area (Å²) in [7, 11) is 1.56. The van der Waals surface area contributed by atoms with Gasteiger partial charge in [-0.25, -0.2) is 0 Å². The van der Waals surface area contributed by atoms with Crippen LogP contribution in [0, 0.1) is 40.4 Å². The number of ketones is 1. The van der Waals surface area contributed by atoms with Crippen LogP contribution in [-0.4, -0.2) is 30.9 Å². The number of carbonyl (C=O) groups is 2. The van der Waals surface area contributed by atoms with Gasteiger partial charge in [0.25, 0.3) is 0 Å². The summed E-state index contributed by atoms with van der Waals surface area (Å²) in [5, 5.41) is 4.20. The van der Waals surface area contributed by atoms with E-state index in [1.807, 2.05) is 0 Å². The molecule has 0 radical (unpaired) electrons. The summed E-state index contributed by atoms with van der Waals surface area (Å²) in [6.07, 6.45) is 15.0. The van der Waals surface area contributed by atoms with E-state index in [0.717, 1.165) is 32.1 Å². The van der Waals surface area contributed by atoms with Gasteiger partial charge in [-0.3, -0.25) is 9.59 Å². The first-order valence-corrected chi connectivity index (χ1v) is 13.2. The second-order valence-corrected chi connectivity index (χ2v) is 12.3. The maximum atomic E-state index is 12.8. The van der Waals surface area contributed by atoms with Gasteiger partial charge >= 0.3 is 5.97 Å². The number of hydrogen-bond donors (Lipinski definition) is 1. The van der Waals surface area contributed by atoms with Crippen molar-refractivity contribution >= 4 is 11.8 Å². The average Bonchev–Trinajstić information content (AvgIpc) is 3.11. The Labute approximate surface area is 188 Å². The van der Waals surface area contributed by atoms with Gasteiger partial charge in [-0.2, -0.15) is 0 Å². The molecule has 0 saturated heterocycles. The molecule has 0 spiro atoms. The van der Waals surface area contributed by atoms with Crippen molar-refractivity contribution in [2.24, 2.45) is 40.4 Å².